The van der Waals surface area contributed by atoms with Gasteiger partial charge in [0.25, 0.3) is 0 Å². The standard InChI is InChI=1S/C14H17N3S/c1-15-8-12-9-16-5-2-13(12)17-6-3-14-11(10-17)4-7-18-14/h2,4-5,7,9,15H,3,6,8,10H2,1H3. The topological polar surface area (TPSA) is 28.2 Å². The molecule has 0 aliphatic carbocycles. The molecular formula is C14H17N3S. The van der Waals surface area contributed by atoms with Gasteiger partial charge in [0.15, 0.2) is 0 Å². The van der Waals surface area contributed by atoms with Crippen LogP contribution < -0.4 is 10.2 Å². The summed E-state index contributed by atoms with van der Waals surface area (Å²) in [7, 11) is 1.98. The third kappa shape index (κ3) is 2.13. The van der Waals surface area contributed by atoms with E-state index in [1.165, 1.54) is 16.8 Å². The number of fused-ring (bicyclic) bond motifs is 1. The zero-order valence-corrected chi connectivity index (χ0v) is 11.3. The Bertz CT molecular complexity index is 535. The molecule has 3 rings (SSSR count). The van der Waals surface area contributed by atoms with Crippen LogP contribution in [0.5, 0.6) is 0 Å². The third-order valence-corrected chi connectivity index (χ3v) is 4.42. The van der Waals surface area contributed by atoms with Crippen LogP contribution in [0.2, 0.25) is 0 Å². The smallest absolute Gasteiger partial charge is 0.0445 e. The van der Waals surface area contributed by atoms with E-state index in [1.807, 2.05) is 30.8 Å². The van der Waals surface area contributed by atoms with Gasteiger partial charge in [-0.3, -0.25) is 4.98 Å². The maximum atomic E-state index is 4.23. The summed E-state index contributed by atoms with van der Waals surface area (Å²) in [5, 5.41) is 5.42. The molecular weight excluding hydrogens is 242 g/mol. The van der Waals surface area contributed by atoms with Crippen molar-refractivity contribution in [2.45, 2.75) is 19.5 Å². The Hall–Kier alpha value is -1.39. The van der Waals surface area contributed by atoms with Crippen LogP contribution in [0.15, 0.2) is 29.9 Å². The van der Waals surface area contributed by atoms with E-state index in [0.29, 0.717) is 0 Å². The fraction of sp³-hybridized carbons (Fsp3) is 0.357. The van der Waals surface area contributed by atoms with Gasteiger partial charge in [-0.25, -0.2) is 0 Å². The molecule has 0 spiro atoms. The molecule has 0 radical (unpaired) electrons. The molecule has 2 aromatic rings. The summed E-state index contributed by atoms with van der Waals surface area (Å²) in [6.45, 7) is 3.00. The van der Waals surface area contributed by atoms with Crippen LogP contribution in [-0.4, -0.2) is 18.6 Å². The monoisotopic (exact) mass is 259 g/mol. The number of hydrogen-bond donors (Lipinski definition) is 1. The number of anilines is 1. The minimum Gasteiger partial charge on any atom is -0.366 e. The lowest BCUT2D eigenvalue weighted by atomic mass is 10.1. The fourth-order valence-electron chi connectivity index (χ4n) is 2.51. The molecule has 18 heavy (non-hydrogen) atoms. The van der Waals surface area contributed by atoms with Crippen molar-refractivity contribution in [2.24, 2.45) is 0 Å². The van der Waals surface area contributed by atoms with Crippen LogP contribution in [0.3, 0.4) is 0 Å². The van der Waals surface area contributed by atoms with E-state index in [0.717, 1.165) is 26.1 Å². The second-order valence-electron chi connectivity index (χ2n) is 4.58. The van der Waals surface area contributed by atoms with Gasteiger partial charge in [-0.05, 0) is 36.5 Å². The highest BCUT2D eigenvalue weighted by atomic mass is 32.1. The van der Waals surface area contributed by atoms with E-state index in [1.54, 1.807) is 4.88 Å². The number of nitrogens with zero attached hydrogens (tertiary/aromatic N) is 2. The Labute approximate surface area is 111 Å². The lowest BCUT2D eigenvalue weighted by Crippen LogP contribution is -2.30. The highest BCUT2D eigenvalue weighted by Crippen LogP contribution is 2.29. The normalized spacial score (nSPS) is 14.6. The minimum absolute atomic E-state index is 0.871. The van der Waals surface area contributed by atoms with Crippen molar-refractivity contribution in [3.05, 3.63) is 45.9 Å². The molecule has 0 saturated heterocycles. The summed E-state index contributed by atoms with van der Waals surface area (Å²) in [6, 6.07) is 4.38. The van der Waals surface area contributed by atoms with Crippen LogP contribution in [0.25, 0.3) is 0 Å². The van der Waals surface area contributed by atoms with Crippen LogP contribution in [0, 0.1) is 0 Å². The SMILES string of the molecule is CNCc1cnccc1N1CCc2sccc2C1. The molecule has 2 aromatic heterocycles. The fourth-order valence-corrected chi connectivity index (χ4v) is 3.40. The van der Waals surface area contributed by atoms with Crippen molar-refractivity contribution < 1.29 is 0 Å². The molecule has 94 valence electrons. The number of rotatable bonds is 3. The van der Waals surface area contributed by atoms with Crippen molar-refractivity contribution in [3.8, 4) is 0 Å². The molecule has 1 N–H and O–H groups in total. The van der Waals surface area contributed by atoms with Gasteiger partial charge in [-0.15, -0.1) is 11.3 Å². The van der Waals surface area contributed by atoms with E-state index in [-0.39, 0.29) is 0 Å². The van der Waals surface area contributed by atoms with Crippen molar-refractivity contribution in [1.82, 2.24) is 10.3 Å². The number of hydrogen-bond acceptors (Lipinski definition) is 4. The van der Waals surface area contributed by atoms with E-state index < -0.39 is 0 Å². The number of pyridine rings is 1. The average Bonchev–Trinajstić information content (AvgIpc) is 2.87. The first-order chi connectivity index (χ1) is 8.88. The van der Waals surface area contributed by atoms with Gasteiger partial charge in [0, 0.05) is 48.2 Å². The van der Waals surface area contributed by atoms with Gasteiger partial charge in [0.2, 0.25) is 0 Å². The van der Waals surface area contributed by atoms with Crippen LogP contribution in [-0.2, 0) is 19.5 Å². The summed E-state index contributed by atoms with van der Waals surface area (Å²) in [5.41, 5.74) is 4.08. The molecule has 1 aliphatic heterocycles. The van der Waals surface area contributed by atoms with E-state index in [4.69, 9.17) is 0 Å². The van der Waals surface area contributed by atoms with E-state index >= 15 is 0 Å². The largest absolute Gasteiger partial charge is 0.366 e. The molecule has 0 atom stereocenters. The van der Waals surface area contributed by atoms with Crippen molar-refractivity contribution in [1.29, 1.82) is 0 Å². The summed E-state index contributed by atoms with van der Waals surface area (Å²) in [6.07, 6.45) is 5.01. The second-order valence-corrected chi connectivity index (χ2v) is 5.58. The Morgan fingerprint density at radius 3 is 3.28 bits per heavy atom. The predicted molar refractivity (Wildman–Crippen MR) is 76.1 cm³/mol. The highest BCUT2D eigenvalue weighted by Gasteiger charge is 2.19. The lowest BCUT2D eigenvalue weighted by molar-refractivity contribution is 0.727. The quantitative estimate of drug-likeness (QED) is 0.917. The molecule has 0 unspecified atom stereocenters. The summed E-state index contributed by atoms with van der Waals surface area (Å²) >= 11 is 1.89. The second kappa shape index (κ2) is 5.08. The van der Waals surface area contributed by atoms with Crippen molar-refractivity contribution >= 4 is 17.0 Å². The van der Waals surface area contributed by atoms with Crippen molar-refractivity contribution in [2.75, 3.05) is 18.5 Å². The summed E-state index contributed by atoms with van der Waals surface area (Å²) in [4.78, 5) is 8.24. The molecule has 0 fully saturated rings. The van der Waals surface area contributed by atoms with E-state index in [9.17, 15) is 0 Å². The number of nitrogens with one attached hydrogen (secondary N) is 1. The van der Waals surface area contributed by atoms with Crippen LogP contribution in [0.1, 0.15) is 16.0 Å². The number of aromatic nitrogens is 1. The first-order valence-corrected chi connectivity index (χ1v) is 7.14. The van der Waals surface area contributed by atoms with Crippen LogP contribution >= 0.6 is 11.3 Å². The predicted octanol–water partition coefficient (Wildman–Crippen LogP) is 2.43. The molecule has 3 heterocycles. The van der Waals surface area contributed by atoms with Crippen LogP contribution in [0.4, 0.5) is 5.69 Å². The highest BCUT2D eigenvalue weighted by molar-refractivity contribution is 7.10. The molecule has 3 nitrogen and oxygen atoms in total. The summed E-state index contributed by atoms with van der Waals surface area (Å²) < 4.78 is 0. The Morgan fingerprint density at radius 2 is 2.39 bits per heavy atom. The summed E-state index contributed by atoms with van der Waals surface area (Å²) in [5.74, 6) is 0. The maximum absolute atomic E-state index is 4.23. The van der Waals surface area contributed by atoms with Gasteiger partial charge in [-0.2, -0.15) is 0 Å². The van der Waals surface area contributed by atoms with Gasteiger partial charge < -0.3 is 10.2 Å². The molecule has 0 bridgehead atoms. The van der Waals surface area contributed by atoms with Gasteiger partial charge in [0.05, 0.1) is 0 Å². The zero-order valence-electron chi connectivity index (χ0n) is 10.5. The molecule has 4 heteroatoms. The Morgan fingerprint density at radius 1 is 1.44 bits per heavy atom. The molecule has 0 aromatic carbocycles. The zero-order chi connectivity index (χ0) is 12.4. The first-order valence-electron chi connectivity index (χ1n) is 6.26. The molecule has 1 aliphatic rings. The maximum Gasteiger partial charge on any atom is 0.0445 e. The van der Waals surface area contributed by atoms with E-state index in [2.05, 4.69) is 32.7 Å². The van der Waals surface area contributed by atoms with Gasteiger partial charge in [-0.1, -0.05) is 0 Å². The molecule has 0 amide bonds. The minimum atomic E-state index is 0.871. The van der Waals surface area contributed by atoms with Crippen molar-refractivity contribution in [3.63, 3.8) is 0 Å². The van der Waals surface area contributed by atoms with Gasteiger partial charge in [0.1, 0.15) is 0 Å². The van der Waals surface area contributed by atoms with Gasteiger partial charge >= 0.3 is 0 Å². The number of thiophene rings is 1. The average molecular weight is 259 g/mol. The molecule has 0 saturated carbocycles. The first kappa shape index (κ1) is 11.7. The lowest BCUT2D eigenvalue weighted by Gasteiger charge is -2.30. The Kier molecular flexibility index (Phi) is 3.30. The third-order valence-electron chi connectivity index (χ3n) is 3.39. The Balaban J connectivity index is 1.88.